The molecule has 2 nitrogen and oxygen atoms in total. The Labute approximate surface area is 205 Å². The van der Waals surface area contributed by atoms with Crippen LogP contribution in [0.15, 0.2) is 11.6 Å². The second-order valence-electron chi connectivity index (χ2n) is 12.8. The number of esters is 1. The molecule has 0 spiro atoms. The molecule has 0 radical (unpaired) electrons. The van der Waals surface area contributed by atoms with E-state index in [9.17, 15) is 4.79 Å². The molecule has 0 N–H and O–H groups in total. The molecular weight excluding hydrogens is 460 g/mol. The highest BCUT2D eigenvalue weighted by Gasteiger charge is 2.61. The number of hydrogen-bond donors (Lipinski definition) is 0. The van der Waals surface area contributed by atoms with Crippen molar-refractivity contribution in [2.45, 2.75) is 117 Å². The first-order valence-corrected chi connectivity index (χ1v) is 14.5. The average molecular weight is 508 g/mol. The fourth-order valence-corrected chi connectivity index (χ4v) is 10.0. The maximum absolute atomic E-state index is 11.5. The van der Waals surface area contributed by atoms with Crippen molar-refractivity contribution in [3.8, 4) is 0 Å². The van der Waals surface area contributed by atoms with Gasteiger partial charge < -0.3 is 4.74 Å². The van der Waals surface area contributed by atoms with Gasteiger partial charge in [-0.05, 0) is 97.4 Å². The van der Waals surface area contributed by atoms with E-state index in [0.717, 1.165) is 48.3 Å². The average Bonchev–Trinajstić information content (AvgIpc) is 3.05. The molecule has 3 fully saturated rings. The number of hydrogen-bond acceptors (Lipinski definition) is 2. The number of halogens is 1. The maximum Gasteiger partial charge on any atom is 0.303 e. The molecule has 0 aliphatic heterocycles. The quantitative estimate of drug-likeness (QED) is 0.205. The maximum atomic E-state index is 11.5. The summed E-state index contributed by atoms with van der Waals surface area (Å²) in [5.41, 5.74) is 2.39. The Morgan fingerprint density at radius 2 is 1.84 bits per heavy atom. The van der Waals surface area contributed by atoms with Crippen molar-refractivity contribution in [2.24, 2.45) is 46.3 Å². The van der Waals surface area contributed by atoms with Crippen LogP contribution in [0.2, 0.25) is 0 Å². The van der Waals surface area contributed by atoms with Gasteiger partial charge in [-0.15, -0.1) is 0 Å². The smallest absolute Gasteiger partial charge is 0.303 e. The summed E-state index contributed by atoms with van der Waals surface area (Å²) in [5, 5.41) is 0. The van der Waals surface area contributed by atoms with Gasteiger partial charge in [-0.3, -0.25) is 4.79 Å². The lowest BCUT2D eigenvalue weighted by Crippen LogP contribution is -2.54. The molecule has 182 valence electrons. The molecule has 0 aromatic rings. The van der Waals surface area contributed by atoms with E-state index >= 15 is 0 Å². The largest absolute Gasteiger partial charge is 0.458 e. The predicted molar refractivity (Wildman–Crippen MR) is 137 cm³/mol. The lowest BCUT2D eigenvalue weighted by molar-refractivity contribution is -0.145. The monoisotopic (exact) mass is 506 g/mol. The zero-order valence-electron chi connectivity index (χ0n) is 21.5. The molecule has 0 amide bonds. The third kappa shape index (κ3) is 4.38. The summed E-state index contributed by atoms with van der Waals surface area (Å²) < 4.78 is 5.60. The first-order valence-electron chi connectivity index (χ1n) is 13.6. The van der Waals surface area contributed by atoms with Crippen molar-refractivity contribution in [3.63, 3.8) is 0 Å². The van der Waals surface area contributed by atoms with E-state index in [4.69, 9.17) is 4.74 Å². The molecule has 4 rings (SSSR count). The van der Waals surface area contributed by atoms with Gasteiger partial charge in [0.1, 0.15) is 6.10 Å². The number of alkyl halides is 1. The summed E-state index contributed by atoms with van der Waals surface area (Å²) in [5.74, 6) is 4.90. The van der Waals surface area contributed by atoms with Crippen LogP contribution < -0.4 is 0 Å². The summed E-state index contributed by atoms with van der Waals surface area (Å²) in [7, 11) is 0. The Hall–Kier alpha value is -0.310. The zero-order chi connectivity index (χ0) is 23.3. The number of fused-ring (bicyclic) bond motifs is 5. The van der Waals surface area contributed by atoms with E-state index in [-0.39, 0.29) is 12.1 Å². The molecule has 0 unspecified atom stereocenters. The van der Waals surface area contributed by atoms with Crippen molar-refractivity contribution >= 4 is 21.9 Å². The molecule has 0 heterocycles. The number of carbonyl (C=O) groups excluding carboxylic acids is 1. The van der Waals surface area contributed by atoms with Gasteiger partial charge in [0, 0.05) is 11.8 Å². The van der Waals surface area contributed by atoms with E-state index in [1.165, 1.54) is 51.4 Å². The molecule has 0 aromatic heterocycles. The van der Waals surface area contributed by atoms with Gasteiger partial charge in [-0.2, -0.15) is 0 Å². The molecule has 3 heteroatoms. The summed E-state index contributed by atoms with van der Waals surface area (Å²) in [6.45, 7) is 14.1. The molecule has 4 aliphatic carbocycles. The van der Waals surface area contributed by atoms with Crippen LogP contribution in [-0.2, 0) is 9.53 Å². The second-order valence-corrected chi connectivity index (χ2v) is 14.0. The van der Waals surface area contributed by atoms with Gasteiger partial charge in [0.25, 0.3) is 0 Å². The van der Waals surface area contributed by atoms with Crippen LogP contribution in [0.5, 0.6) is 0 Å². The number of carbonyl (C=O) groups is 1. The van der Waals surface area contributed by atoms with Crippen LogP contribution in [-0.4, -0.2) is 16.9 Å². The molecule has 0 saturated heterocycles. The predicted octanol–water partition coefficient (Wildman–Crippen LogP) is 8.33. The fourth-order valence-electron chi connectivity index (χ4n) is 8.94. The Morgan fingerprint density at radius 3 is 2.53 bits per heavy atom. The summed E-state index contributed by atoms with van der Waals surface area (Å²) in [6.07, 6.45) is 15.5. The third-order valence-electron chi connectivity index (χ3n) is 10.6. The normalized spacial score (nSPS) is 44.3. The van der Waals surface area contributed by atoms with Crippen molar-refractivity contribution in [2.75, 3.05) is 0 Å². The minimum Gasteiger partial charge on any atom is -0.458 e. The van der Waals surface area contributed by atoms with Crippen molar-refractivity contribution in [3.05, 3.63) is 11.6 Å². The van der Waals surface area contributed by atoms with E-state index in [2.05, 4.69) is 56.6 Å². The Kier molecular flexibility index (Phi) is 7.27. The minimum absolute atomic E-state index is 0.0109. The van der Waals surface area contributed by atoms with Crippen LogP contribution in [0, 0.1) is 46.3 Å². The van der Waals surface area contributed by atoms with Crippen molar-refractivity contribution in [1.82, 2.24) is 0 Å². The van der Waals surface area contributed by atoms with Crippen molar-refractivity contribution in [1.29, 1.82) is 0 Å². The van der Waals surface area contributed by atoms with Crippen LogP contribution >= 0.6 is 15.9 Å². The van der Waals surface area contributed by atoms with Crippen LogP contribution in [0.25, 0.3) is 0 Å². The summed E-state index contributed by atoms with van der Waals surface area (Å²) >= 11 is 4.21. The van der Waals surface area contributed by atoms with E-state index in [0.29, 0.717) is 15.7 Å². The van der Waals surface area contributed by atoms with E-state index in [1.54, 1.807) is 12.5 Å². The summed E-state index contributed by atoms with van der Waals surface area (Å²) in [4.78, 5) is 12.1. The molecule has 3 saturated carbocycles. The SMILES string of the molecule is CC(=O)O[C@H]1C=C2C[C@@H](Br)[C@H]3[C@@H]4CC[C@H]([C@H](C)CCCC(C)C)[C@@]4(C)CC[C@@H]3[C@@]2(C)CC1. The molecule has 4 aliphatic rings. The third-order valence-corrected chi connectivity index (χ3v) is 11.5. The lowest BCUT2D eigenvalue weighted by Gasteiger charge is -2.60. The first kappa shape index (κ1) is 24.8. The molecule has 9 atom stereocenters. The molecular formula is C29H47BrO2. The number of rotatable bonds is 6. The number of allylic oxidation sites excluding steroid dienone is 1. The van der Waals surface area contributed by atoms with Gasteiger partial charge in [0.2, 0.25) is 0 Å². The highest BCUT2D eigenvalue weighted by Crippen LogP contribution is 2.68. The Bertz CT molecular complexity index is 729. The summed E-state index contributed by atoms with van der Waals surface area (Å²) in [6, 6.07) is 0. The van der Waals surface area contributed by atoms with Gasteiger partial charge in [-0.25, -0.2) is 0 Å². The zero-order valence-corrected chi connectivity index (χ0v) is 23.0. The standard InChI is InChI=1S/C29H47BrO2/c1-18(2)8-7-9-19(3)23-10-11-24-27-25(13-15-29(23,24)6)28(5)14-12-22(32-20(4)31)16-21(28)17-26(27)30/h16,18-19,22-27H,7-15,17H2,1-6H3/t19-,22-,23-,24+,25+,26-,27+,28+,29-/m1/s1. The first-order chi connectivity index (χ1) is 15.1. The Balaban J connectivity index is 1.51. The topological polar surface area (TPSA) is 26.3 Å². The van der Waals surface area contributed by atoms with Gasteiger partial charge in [0.05, 0.1) is 0 Å². The highest BCUT2D eigenvalue weighted by molar-refractivity contribution is 9.09. The van der Waals surface area contributed by atoms with Gasteiger partial charge >= 0.3 is 5.97 Å². The highest BCUT2D eigenvalue weighted by atomic mass is 79.9. The van der Waals surface area contributed by atoms with E-state index in [1.807, 2.05) is 0 Å². The van der Waals surface area contributed by atoms with Gasteiger partial charge in [0.15, 0.2) is 0 Å². The van der Waals surface area contributed by atoms with Gasteiger partial charge in [-0.1, -0.05) is 75.4 Å². The van der Waals surface area contributed by atoms with Crippen LogP contribution in [0.3, 0.4) is 0 Å². The fraction of sp³-hybridized carbons (Fsp3) is 0.897. The Morgan fingerprint density at radius 1 is 1.09 bits per heavy atom. The number of ether oxygens (including phenoxy) is 1. The van der Waals surface area contributed by atoms with Crippen LogP contribution in [0.1, 0.15) is 106 Å². The minimum atomic E-state index is -0.146. The molecule has 0 bridgehead atoms. The molecule has 0 aromatic carbocycles. The van der Waals surface area contributed by atoms with Crippen molar-refractivity contribution < 1.29 is 9.53 Å². The second kappa shape index (κ2) is 9.38. The lowest BCUT2D eigenvalue weighted by atomic mass is 9.46. The van der Waals surface area contributed by atoms with E-state index < -0.39 is 0 Å². The molecule has 32 heavy (non-hydrogen) atoms. The van der Waals surface area contributed by atoms with Crippen LogP contribution in [0.4, 0.5) is 0 Å².